The summed E-state index contributed by atoms with van der Waals surface area (Å²) in [6, 6.07) is 10.8. The molecular weight excluding hydrogens is 384 g/mol. The van der Waals surface area contributed by atoms with Crippen LogP contribution >= 0.6 is 15.9 Å². The molecule has 0 aliphatic rings. The maximum Gasteiger partial charge on any atom is 0.341 e. The average Bonchev–Trinajstić information content (AvgIpc) is 2.47. The Morgan fingerprint density at radius 1 is 1.17 bits per heavy atom. The summed E-state index contributed by atoms with van der Waals surface area (Å²) < 4.78 is 35.4. The van der Waals surface area contributed by atoms with E-state index in [1.165, 1.54) is 18.2 Å². The van der Waals surface area contributed by atoms with Gasteiger partial charge >= 0.3 is 16.1 Å². The lowest BCUT2D eigenvalue weighted by atomic mass is 10.2. The van der Waals surface area contributed by atoms with E-state index in [4.69, 9.17) is 8.92 Å². The van der Waals surface area contributed by atoms with Crippen molar-refractivity contribution in [3.63, 3.8) is 0 Å². The second-order valence-corrected chi connectivity index (χ2v) is 7.06. The van der Waals surface area contributed by atoms with E-state index in [2.05, 4.69) is 15.9 Å². The molecule has 0 bridgehead atoms. The quantitative estimate of drug-likeness (QED) is 0.567. The molecule has 0 unspecified atom stereocenters. The number of ether oxygens (including phenoxy) is 1. The molecule has 0 radical (unpaired) electrons. The number of para-hydroxylation sites is 1. The normalized spacial score (nSPS) is 11.1. The molecule has 2 rings (SSSR count). The number of hydrogen-bond donors (Lipinski definition) is 0. The van der Waals surface area contributed by atoms with Crippen LogP contribution in [-0.4, -0.2) is 21.0 Å². The molecular formula is C16H15BrO5S. The average molecular weight is 399 g/mol. The summed E-state index contributed by atoms with van der Waals surface area (Å²) in [5.41, 5.74) is 0.962. The zero-order valence-corrected chi connectivity index (χ0v) is 15.0. The Kier molecular flexibility index (Phi) is 5.43. The number of aryl methyl sites for hydroxylation is 1. The standard InChI is InChI=1S/C16H15BrO5S/c1-3-21-16(18)12-6-4-5-7-14(12)22-23(19,20)15-9-8-11(2)10-13(15)17/h4-10H,3H2,1-2H3. The molecule has 122 valence electrons. The van der Waals surface area contributed by atoms with Gasteiger partial charge in [0.15, 0.2) is 5.75 Å². The van der Waals surface area contributed by atoms with E-state index in [9.17, 15) is 13.2 Å². The van der Waals surface area contributed by atoms with Crippen LogP contribution in [0.4, 0.5) is 0 Å². The Hall–Kier alpha value is -1.86. The van der Waals surface area contributed by atoms with Crippen LogP contribution < -0.4 is 4.18 Å². The van der Waals surface area contributed by atoms with Gasteiger partial charge in [-0.1, -0.05) is 18.2 Å². The van der Waals surface area contributed by atoms with E-state index >= 15 is 0 Å². The monoisotopic (exact) mass is 398 g/mol. The van der Waals surface area contributed by atoms with Gasteiger partial charge in [0.25, 0.3) is 0 Å². The van der Waals surface area contributed by atoms with E-state index in [0.29, 0.717) is 4.47 Å². The smallest absolute Gasteiger partial charge is 0.341 e. The minimum absolute atomic E-state index is 0.0123. The minimum Gasteiger partial charge on any atom is -0.462 e. The highest BCUT2D eigenvalue weighted by Gasteiger charge is 2.23. The zero-order valence-electron chi connectivity index (χ0n) is 12.6. The molecule has 0 aliphatic heterocycles. The van der Waals surface area contributed by atoms with E-state index in [0.717, 1.165) is 5.56 Å². The van der Waals surface area contributed by atoms with Crippen molar-refractivity contribution in [2.75, 3.05) is 6.61 Å². The van der Waals surface area contributed by atoms with Crippen LogP contribution in [0.15, 0.2) is 51.8 Å². The Morgan fingerprint density at radius 2 is 1.87 bits per heavy atom. The van der Waals surface area contributed by atoms with Crippen molar-refractivity contribution in [2.24, 2.45) is 0 Å². The fourth-order valence-corrected chi connectivity index (χ4v) is 3.98. The van der Waals surface area contributed by atoms with E-state index in [-0.39, 0.29) is 22.8 Å². The number of rotatable bonds is 5. The largest absolute Gasteiger partial charge is 0.462 e. The first kappa shape index (κ1) is 17.5. The van der Waals surface area contributed by atoms with Gasteiger partial charge in [0, 0.05) is 4.47 Å². The summed E-state index contributed by atoms with van der Waals surface area (Å²) in [5, 5.41) is 0. The summed E-state index contributed by atoms with van der Waals surface area (Å²) in [6.45, 7) is 3.70. The number of benzene rings is 2. The van der Waals surface area contributed by atoms with Gasteiger partial charge in [-0.3, -0.25) is 0 Å². The highest BCUT2D eigenvalue weighted by Crippen LogP contribution is 2.28. The van der Waals surface area contributed by atoms with Crippen LogP contribution in [-0.2, 0) is 14.9 Å². The zero-order chi connectivity index (χ0) is 17.0. The molecule has 0 heterocycles. The van der Waals surface area contributed by atoms with E-state index in [1.807, 2.05) is 6.92 Å². The molecule has 0 N–H and O–H groups in total. The molecule has 2 aromatic carbocycles. The van der Waals surface area contributed by atoms with Crippen LogP contribution in [0.5, 0.6) is 5.75 Å². The van der Waals surface area contributed by atoms with Crippen LogP contribution in [0.1, 0.15) is 22.8 Å². The fourth-order valence-electron chi connectivity index (χ4n) is 1.89. The number of carbonyl (C=O) groups excluding carboxylic acids is 1. The molecule has 0 aromatic heterocycles. The van der Waals surface area contributed by atoms with Gasteiger partial charge in [-0.05, 0) is 59.6 Å². The highest BCUT2D eigenvalue weighted by atomic mass is 79.9. The molecule has 2 aromatic rings. The molecule has 7 heteroatoms. The lowest BCUT2D eigenvalue weighted by Gasteiger charge is -2.12. The topological polar surface area (TPSA) is 69.7 Å². The lowest BCUT2D eigenvalue weighted by Crippen LogP contribution is -2.14. The first-order valence-electron chi connectivity index (χ1n) is 6.82. The number of esters is 1. The molecule has 23 heavy (non-hydrogen) atoms. The van der Waals surface area contributed by atoms with Gasteiger partial charge in [-0.25, -0.2) is 4.79 Å². The van der Waals surface area contributed by atoms with Crippen molar-refractivity contribution >= 4 is 32.0 Å². The van der Waals surface area contributed by atoms with Gasteiger partial charge in [0.2, 0.25) is 0 Å². The van der Waals surface area contributed by atoms with Crippen molar-refractivity contribution in [3.05, 3.63) is 58.1 Å². The summed E-state index contributed by atoms with van der Waals surface area (Å²) in [7, 11) is -4.09. The molecule has 0 saturated heterocycles. The third kappa shape index (κ3) is 4.11. The number of carbonyl (C=O) groups is 1. The number of hydrogen-bond acceptors (Lipinski definition) is 5. The minimum atomic E-state index is -4.09. The van der Waals surface area contributed by atoms with Crippen molar-refractivity contribution in [1.29, 1.82) is 0 Å². The predicted octanol–water partition coefficient (Wildman–Crippen LogP) is 3.70. The number of halogens is 1. The Labute approximate surface area is 143 Å². The molecule has 0 saturated carbocycles. The SMILES string of the molecule is CCOC(=O)c1ccccc1OS(=O)(=O)c1ccc(C)cc1Br. The van der Waals surface area contributed by atoms with Crippen molar-refractivity contribution in [3.8, 4) is 5.75 Å². The van der Waals surface area contributed by atoms with Gasteiger partial charge in [0.05, 0.1) is 6.61 Å². The van der Waals surface area contributed by atoms with Crippen LogP contribution in [0, 0.1) is 6.92 Å². The van der Waals surface area contributed by atoms with Crippen LogP contribution in [0.3, 0.4) is 0 Å². The van der Waals surface area contributed by atoms with Gasteiger partial charge < -0.3 is 8.92 Å². The molecule has 0 atom stereocenters. The van der Waals surface area contributed by atoms with Gasteiger partial charge in [0.1, 0.15) is 10.5 Å². The summed E-state index contributed by atoms with van der Waals surface area (Å²) >= 11 is 3.22. The Bertz CT molecular complexity index is 830. The maximum atomic E-state index is 12.5. The highest BCUT2D eigenvalue weighted by molar-refractivity contribution is 9.10. The van der Waals surface area contributed by atoms with E-state index in [1.54, 1.807) is 31.2 Å². The molecule has 0 fully saturated rings. The van der Waals surface area contributed by atoms with Crippen LogP contribution in [0.25, 0.3) is 0 Å². The molecule has 0 spiro atoms. The fraction of sp³-hybridized carbons (Fsp3) is 0.188. The third-order valence-corrected chi connectivity index (χ3v) is 5.15. The van der Waals surface area contributed by atoms with Crippen molar-refractivity contribution < 1.29 is 22.1 Å². The van der Waals surface area contributed by atoms with Crippen molar-refractivity contribution in [2.45, 2.75) is 18.7 Å². The Balaban J connectivity index is 2.40. The molecule has 0 amide bonds. The lowest BCUT2D eigenvalue weighted by molar-refractivity contribution is 0.0524. The third-order valence-electron chi connectivity index (χ3n) is 2.94. The van der Waals surface area contributed by atoms with Crippen LogP contribution in [0.2, 0.25) is 0 Å². The predicted molar refractivity (Wildman–Crippen MR) is 89.1 cm³/mol. The van der Waals surface area contributed by atoms with Gasteiger partial charge in [-0.2, -0.15) is 8.42 Å². The van der Waals surface area contributed by atoms with Gasteiger partial charge in [-0.15, -0.1) is 0 Å². The second kappa shape index (κ2) is 7.14. The summed E-state index contributed by atoms with van der Waals surface area (Å²) in [5.74, 6) is -0.709. The van der Waals surface area contributed by atoms with E-state index < -0.39 is 16.1 Å². The first-order chi connectivity index (χ1) is 10.8. The summed E-state index contributed by atoms with van der Waals surface area (Å²) in [6.07, 6.45) is 0. The van der Waals surface area contributed by atoms with Crippen molar-refractivity contribution in [1.82, 2.24) is 0 Å². The maximum absolute atomic E-state index is 12.5. The Morgan fingerprint density at radius 3 is 2.52 bits per heavy atom. The molecule has 5 nitrogen and oxygen atoms in total. The second-order valence-electron chi connectivity index (χ2n) is 4.69. The first-order valence-corrected chi connectivity index (χ1v) is 9.02. The molecule has 0 aliphatic carbocycles. The summed E-state index contributed by atoms with van der Waals surface area (Å²) in [4.78, 5) is 11.9.